The van der Waals surface area contributed by atoms with E-state index in [4.69, 9.17) is 12.2 Å². The van der Waals surface area contributed by atoms with E-state index in [1.165, 1.54) is 30.0 Å². The maximum absolute atomic E-state index is 13.0. The Bertz CT molecular complexity index is 1040. The van der Waals surface area contributed by atoms with Crippen molar-refractivity contribution in [3.8, 4) is 11.4 Å². The van der Waals surface area contributed by atoms with Gasteiger partial charge in [-0.2, -0.15) is 9.40 Å². The van der Waals surface area contributed by atoms with Crippen LogP contribution in [0, 0.1) is 22.5 Å². The minimum absolute atomic E-state index is 0.245. The van der Waals surface area contributed by atoms with E-state index in [1.54, 1.807) is 18.2 Å². The minimum atomic E-state index is -3.52. The molecule has 0 aliphatic heterocycles. The molecule has 4 atom stereocenters. The minimum Gasteiger partial charge on any atom is -0.297 e. The molecule has 1 aromatic carbocycles. The monoisotopic (exact) mass is 434 g/mol. The molecule has 0 amide bonds. The lowest BCUT2D eigenvalue weighted by molar-refractivity contribution is 0.242. The third-order valence-electron chi connectivity index (χ3n) is 6.96. The van der Waals surface area contributed by atoms with Crippen molar-refractivity contribution in [3.05, 3.63) is 29.0 Å². The van der Waals surface area contributed by atoms with Crippen LogP contribution in [-0.2, 0) is 10.0 Å². The van der Waals surface area contributed by atoms with Gasteiger partial charge < -0.3 is 0 Å². The van der Waals surface area contributed by atoms with Gasteiger partial charge in [-0.25, -0.2) is 8.42 Å². The van der Waals surface area contributed by atoms with Crippen LogP contribution in [0.15, 0.2) is 29.2 Å². The van der Waals surface area contributed by atoms with Crippen molar-refractivity contribution < 1.29 is 8.42 Å². The summed E-state index contributed by atoms with van der Waals surface area (Å²) in [5, 5.41) is 7.43. The number of rotatable bonds is 7. The number of H-pyrrole nitrogens is 1. The van der Waals surface area contributed by atoms with Gasteiger partial charge in [0.1, 0.15) is 0 Å². The Morgan fingerprint density at radius 1 is 1.28 bits per heavy atom. The zero-order valence-corrected chi connectivity index (χ0v) is 19.0. The molecule has 2 saturated carbocycles. The van der Waals surface area contributed by atoms with Crippen LogP contribution in [0.2, 0.25) is 0 Å². The molecule has 158 valence electrons. The summed E-state index contributed by atoms with van der Waals surface area (Å²) in [5.41, 5.74) is 0.778. The SMILES string of the molecule is CCN(CC)S(=O)(=O)c1cccc(-c2n[nH]c(=S)n2[C@@H](C)[C@@H]2C[C@H]3CC[C@H]2C3)c1. The van der Waals surface area contributed by atoms with Crippen molar-refractivity contribution in [2.75, 3.05) is 13.1 Å². The Kier molecular flexibility index (Phi) is 5.70. The van der Waals surface area contributed by atoms with Crippen LogP contribution in [0.25, 0.3) is 11.4 Å². The van der Waals surface area contributed by atoms with E-state index >= 15 is 0 Å². The first-order valence-electron chi connectivity index (χ1n) is 10.6. The van der Waals surface area contributed by atoms with Gasteiger partial charge in [-0.15, -0.1) is 0 Å². The Morgan fingerprint density at radius 2 is 2.03 bits per heavy atom. The van der Waals surface area contributed by atoms with Crippen molar-refractivity contribution >= 4 is 22.2 Å². The molecule has 0 unspecified atom stereocenters. The highest BCUT2D eigenvalue weighted by atomic mass is 32.2. The van der Waals surface area contributed by atoms with Gasteiger partial charge in [-0.05, 0) is 68.3 Å². The third kappa shape index (κ3) is 3.59. The van der Waals surface area contributed by atoms with Crippen molar-refractivity contribution in [2.45, 2.75) is 57.4 Å². The number of aromatic nitrogens is 3. The number of aromatic amines is 1. The number of nitrogens with zero attached hydrogens (tertiary/aromatic N) is 3. The van der Waals surface area contributed by atoms with E-state index in [1.807, 2.05) is 19.9 Å². The number of nitrogens with one attached hydrogen (secondary N) is 1. The summed E-state index contributed by atoms with van der Waals surface area (Å²) in [4.78, 5) is 0.298. The zero-order chi connectivity index (χ0) is 20.8. The fraction of sp³-hybridized carbons (Fsp3) is 0.619. The molecule has 0 radical (unpaired) electrons. The van der Waals surface area contributed by atoms with Crippen molar-refractivity contribution in [2.24, 2.45) is 17.8 Å². The Morgan fingerprint density at radius 3 is 2.66 bits per heavy atom. The predicted octanol–water partition coefficient (Wildman–Crippen LogP) is 4.64. The molecule has 0 spiro atoms. The van der Waals surface area contributed by atoms with Gasteiger partial charge in [0.15, 0.2) is 10.6 Å². The highest BCUT2D eigenvalue weighted by molar-refractivity contribution is 7.89. The van der Waals surface area contributed by atoms with Crippen molar-refractivity contribution in [1.29, 1.82) is 0 Å². The molecular weight excluding hydrogens is 404 g/mol. The fourth-order valence-electron chi connectivity index (χ4n) is 5.47. The summed E-state index contributed by atoms with van der Waals surface area (Å²) in [5.74, 6) is 2.97. The molecular formula is C21H30N4O2S2. The maximum Gasteiger partial charge on any atom is 0.243 e. The highest BCUT2D eigenvalue weighted by Crippen LogP contribution is 2.52. The Hall–Kier alpha value is -1.51. The summed E-state index contributed by atoms with van der Waals surface area (Å²) in [6.07, 6.45) is 5.28. The lowest BCUT2D eigenvalue weighted by Gasteiger charge is -2.29. The Labute approximate surface area is 178 Å². The number of benzene rings is 1. The molecule has 29 heavy (non-hydrogen) atoms. The second kappa shape index (κ2) is 7.96. The smallest absolute Gasteiger partial charge is 0.243 e. The van der Waals surface area contributed by atoms with Crippen molar-refractivity contribution in [1.82, 2.24) is 19.1 Å². The van der Waals surface area contributed by atoms with Gasteiger partial charge in [0.2, 0.25) is 10.0 Å². The second-order valence-electron chi connectivity index (χ2n) is 8.42. The first kappa shape index (κ1) is 20.8. The molecule has 2 aromatic rings. The molecule has 6 nitrogen and oxygen atoms in total. The summed E-state index contributed by atoms with van der Waals surface area (Å²) in [7, 11) is -3.52. The van der Waals surface area contributed by atoms with E-state index in [0.717, 1.165) is 23.2 Å². The van der Waals surface area contributed by atoms with Crippen LogP contribution in [0.5, 0.6) is 0 Å². The van der Waals surface area contributed by atoms with Crippen LogP contribution in [0.4, 0.5) is 0 Å². The van der Waals surface area contributed by atoms with E-state index in [-0.39, 0.29) is 6.04 Å². The normalized spacial score (nSPS) is 25.0. The second-order valence-corrected chi connectivity index (χ2v) is 10.7. The number of hydrogen-bond donors (Lipinski definition) is 1. The van der Waals surface area contributed by atoms with Crippen LogP contribution < -0.4 is 0 Å². The third-order valence-corrected chi connectivity index (χ3v) is 9.29. The molecule has 1 N–H and O–H groups in total. The van der Waals surface area contributed by atoms with Crippen LogP contribution in [0.1, 0.15) is 52.5 Å². The molecule has 2 aliphatic rings. The topological polar surface area (TPSA) is 71.0 Å². The molecule has 8 heteroatoms. The average molecular weight is 435 g/mol. The van der Waals surface area contributed by atoms with E-state index in [2.05, 4.69) is 21.7 Å². The average Bonchev–Trinajstić information content (AvgIpc) is 3.44. The van der Waals surface area contributed by atoms with E-state index in [0.29, 0.717) is 28.7 Å². The molecule has 2 fully saturated rings. The maximum atomic E-state index is 13.0. The highest BCUT2D eigenvalue weighted by Gasteiger charge is 2.43. The fourth-order valence-corrected chi connectivity index (χ4v) is 7.27. The van der Waals surface area contributed by atoms with Gasteiger partial charge in [0.05, 0.1) is 4.90 Å². The first-order valence-corrected chi connectivity index (χ1v) is 12.5. The van der Waals surface area contributed by atoms with E-state index < -0.39 is 10.0 Å². The Balaban J connectivity index is 1.71. The first-order chi connectivity index (χ1) is 13.9. The molecule has 2 aliphatic carbocycles. The van der Waals surface area contributed by atoms with Gasteiger partial charge in [-0.3, -0.25) is 9.67 Å². The molecule has 2 bridgehead atoms. The standard InChI is InChI=1S/C21H30N4O2S2/c1-4-24(5-2)29(26,27)18-8-6-7-17(13-18)20-22-23-21(28)25(20)14(3)19-12-15-9-10-16(19)11-15/h6-8,13-16,19H,4-5,9-12H2,1-3H3,(H,23,28)/t14-,15-,16-,19-/m0/s1. The van der Waals surface area contributed by atoms with E-state index in [9.17, 15) is 8.42 Å². The largest absolute Gasteiger partial charge is 0.297 e. The summed E-state index contributed by atoms with van der Waals surface area (Å²) >= 11 is 5.57. The lowest BCUT2D eigenvalue weighted by atomic mass is 9.84. The molecule has 1 heterocycles. The number of sulfonamides is 1. The number of fused-ring (bicyclic) bond motifs is 2. The zero-order valence-electron chi connectivity index (χ0n) is 17.3. The molecule has 0 saturated heterocycles. The predicted molar refractivity (Wildman–Crippen MR) is 117 cm³/mol. The van der Waals surface area contributed by atoms with Crippen LogP contribution in [0.3, 0.4) is 0 Å². The summed E-state index contributed by atoms with van der Waals surface area (Å²) in [6.45, 7) is 6.84. The van der Waals surface area contributed by atoms with Gasteiger partial charge >= 0.3 is 0 Å². The van der Waals surface area contributed by atoms with Gasteiger partial charge in [0.25, 0.3) is 0 Å². The van der Waals surface area contributed by atoms with Crippen LogP contribution in [-0.4, -0.2) is 40.6 Å². The van der Waals surface area contributed by atoms with Crippen molar-refractivity contribution in [3.63, 3.8) is 0 Å². The quantitative estimate of drug-likeness (QED) is 0.645. The van der Waals surface area contributed by atoms with Crippen LogP contribution >= 0.6 is 12.2 Å². The molecule has 1 aromatic heterocycles. The lowest BCUT2D eigenvalue weighted by Crippen LogP contribution is -2.30. The van der Waals surface area contributed by atoms with Gasteiger partial charge in [-0.1, -0.05) is 32.4 Å². The summed E-state index contributed by atoms with van der Waals surface area (Å²) in [6, 6.07) is 7.33. The number of hydrogen-bond acceptors (Lipinski definition) is 4. The summed E-state index contributed by atoms with van der Waals surface area (Å²) < 4.78 is 30.1. The molecule has 4 rings (SSSR count). The van der Waals surface area contributed by atoms with Gasteiger partial charge in [0, 0.05) is 24.7 Å².